The summed E-state index contributed by atoms with van der Waals surface area (Å²) in [6, 6.07) is 17.8. The van der Waals surface area contributed by atoms with Gasteiger partial charge in [-0.25, -0.2) is 5.43 Å². The molecule has 3 aromatic carbocycles. The highest BCUT2D eigenvalue weighted by molar-refractivity contribution is 14.1. The van der Waals surface area contributed by atoms with Crippen molar-refractivity contribution in [3.63, 3.8) is 0 Å². The fourth-order valence-corrected chi connectivity index (χ4v) is 4.19. The molecule has 182 valence electrons. The largest absolute Gasteiger partial charge is 0.493 e. The molecule has 0 saturated heterocycles. The van der Waals surface area contributed by atoms with E-state index in [9.17, 15) is 9.59 Å². The van der Waals surface area contributed by atoms with Gasteiger partial charge in [-0.3, -0.25) is 9.59 Å². The smallest absolute Gasteiger partial charge is 0.240 e. The third-order valence-electron chi connectivity index (χ3n) is 4.68. The molecule has 35 heavy (non-hydrogen) atoms. The average Bonchev–Trinajstić information content (AvgIpc) is 2.83. The minimum Gasteiger partial charge on any atom is -0.493 e. The van der Waals surface area contributed by atoms with E-state index in [1.807, 2.05) is 24.3 Å². The van der Waals surface area contributed by atoms with Crippen molar-refractivity contribution in [3.8, 4) is 11.5 Å². The van der Waals surface area contributed by atoms with Gasteiger partial charge in [0.25, 0.3) is 0 Å². The number of nitrogens with zero attached hydrogens (tertiary/aromatic N) is 1. The normalized spacial score (nSPS) is 10.7. The van der Waals surface area contributed by atoms with Gasteiger partial charge in [0.15, 0.2) is 11.5 Å². The Kier molecular flexibility index (Phi) is 10.2. The summed E-state index contributed by atoms with van der Waals surface area (Å²) in [7, 11) is 1.54. The molecule has 0 aliphatic heterocycles. The van der Waals surface area contributed by atoms with E-state index in [4.69, 9.17) is 32.7 Å². The molecular formula is C25H22Cl2IN3O4. The Morgan fingerprint density at radius 3 is 2.49 bits per heavy atom. The Morgan fingerprint density at radius 1 is 1.03 bits per heavy atom. The standard InChI is InChI=1S/C25H22Cl2IN3O4/c1-34-22-12-16(11-21(28)25(22)35-15-17-7-8-18(26)13-20(17)27)14-29-31-24(33)10-9-23(32)30-19-5-3-2-4-6-19/h2-8,11-14H,9-10,15H2,1H3,(H,30,32)(H,31,33). The van der Waals surface area contributed by atoms with Crippen LogP contribution in [0.5, 0.6) is 11.5 Å². The maximum absolute atomic E-state index is 12.0. The predicted molar refractivity (Wildman–Crippen MR) is 147 cm³/mol. The first-order valence-electron chi connectivity index (χ1n) is 10.5. The number of carbonyl (C=O) groups is 2. The monoisotopic (exact) mass is 625 g/mol. The van der Waals surface area contributed by atoms with Crippen molar-refractivity contribution >= 4 is 69.5 Å². The zero-order chi connectivity index (χ0) is 25.2. The van der Waals surface area contributed by atoms with Crippen molar-refractivity contribution in [2.24, 2.45) is 5.10 Å². The first-order chi connectivity index (χ1) is 16.9. The summed E-state index contributed by atoms with van der Waals surface area (Å²) in [6.07, 6.45) is 1.55. The molecule has 7 nitrogen and oxygen atoms in total. The number of amides is 2. The van der Waals surface area contributed by atoms with E-state index in [2.05, 4.69) is 38.4 Å². The molecule has 0 bridgehead atoms. The van der Waals surface area contributed by atoms with E-state index < -0.39 is 0 Å². The number of carbonyl (C=O) groups excluding carboxylic acids is 2. The molecule has 0 aromatic heterocycles. The van der Waals surface area contributed by atoms with Crippen LogP contribution in [0.15, 0.2) is 65.8 Å². The molecule has 0 heterocycles. The highest BCUT2D eigenvalue weighted by atomic mass is 127. The van der Waals surface area contributed by atoms with Gasteiger partial charge < -0.3 is 14.8 Å². The molecule has 0 aliphatic carbocycles. The van der Waals surface area contributed by atoms with E-state index in [1.54, 1.807) is 36.4 Å². The van der Waals surface area contributed by atoms with Crippen LogP contribution in [0, 0.1) is 3.57 Å². The van der Waals surface area contributed by atoms with Gasteiger partial charge in [0.1, 0.15) is 6.61 Å². The number of rotatable bonds is 10. The van der Waals surface area contributed by atoms with Crippen molar-refractivity contribution in [1.29, 1.82) is 0 Å². The average molecular weight is 626 g/mol. The Bertz CT molecular complexity index is 1220. The van der Waals surface area contributed by atoms with Gasteiger partial charge >= 0.3 is 0 Å². The van der Waals surface area contributed by atoms with Gasteiger partial charge in [0, 0.05) is 34.1 Å². The maximum Gasteiger partial charge on any atom is 0.240 e. The first-order valence-corrected chi connectivity index (χ1v) is 12.3. The quantitative estimate of drug-likeness (QED) is 0.163. The molecule has 10 heteroatoms. The summed E-state index contributed by atoms with van der Waals surface area (Å²) in [6.45, 7) is 0.240. The summed E-state index contributed by atoms with van der Waals surface area (Å²) in [5.41, 5.74) is 4.60. The molecule has 0 aliphatic rings. The van der Waals surface area contributed by atoms with Crippen LogP contribution in [0.4, 0.5) is 5.69 Å². The van der Waals surface area contributed by atoms with E-state index in [-0.39, 0.29) is 31.3 Å². The lowest BCUT2D eigenvalue weighted by atomic mass is 10.2. The van der Waals surface area contributed by atoms with Crippen molar-refractivity contribution in [3.05, 3.63) is 85.4 Å². The Balaban J connectivity index is 1.53. The van der Waals surface area contributed by atoms with Crippen LogP contribution >= 0.6 is 45.8 Å². The second-order valence-corrected chi connectivity index (χ2v) is 9.27. The summed E-state index contributed by atoms with van der Waals surface area (Å²) in [5.74, 6) is 0.452. The second kappa shape index (κ2) is 13.3. The number of benzene rings is 3. The van der Waals surface area contributed by atoms with Gasteiger partial charge in [-0.1, -0.05) is 47.5 Å². The molecule has 0 spiro atoms. The number of hydrazone groups is 1. The topological polar surface area (TPSA) is 89.0 Å². The number of methoxy groups -OCH3 is 1. The lowest BCUT2D eigenvalue weighted by Gasteiger charge is -2.14. The lowest BCUT2D eigenvalue weighted by Crippen LogP contribution is -2.20. The van der Waals surface area contributed by atoms with Crippen LogP contribution in [0.3, 0.4) is 0 Å². The van der Waals surface area contributed by atoms with E-state index in [1.165, 1.54) is 13.3 Å². The number of ether oxygens (including phenoxy) is 2. The molecule has 0 fully saturated rings. The van der Waals surface area contributed by atoms with E-state index >= 15 is 0 Å². The third-order valence-corrected chi connectivity index (χ3v) is 6.07. The van der Waals surface area contributed by atoms with Crippen molar-refractivity contribution in [2.45, 2.75) is 19.4 Å². The Labute approximate surface area is 226 Å². The van der Waals surface area contributed by atoms with Crippen molar-refractivity contribution in [1.82, 2.24) is 5.43 Å². The lowest BCUT2D eigenvalue weighted by molar-refractivity contribution is -0.124. The highest BCUT2D eigenvalue weighted by Crippen LogP contribution is 2.34. The zero-order valence-corrected chi connectivity index (χ0v) is 22.4. The molecule has 0 unspecified atom stereocenters. The number of halogens is 3. The Hall–Kier alpha value is -2.82. The summed E-state index contributed by atoms with van der Waals surface area (Å²) in [5, 5.41) is 7.78. The number of hydrogen-bond donors (Lipinski definition) is 2. The highest BCUT2D eigenvalue weighted by Gasteiger charge is 2.13. The maximum atomic E-state index is 12.0. The molecule has 3 aromatic rings. The molecule has 0 radical (unpaired) electrons. The molecule has 3 rings (SSSR count). The predicted octanol–water partition coefficient (Wildman–Crippen LogP) is 6.05. The van der Waals surface area contributed by atoms with Crippen molar-refractivity contribution in [2.75, 3.05) is 12.4 Å². The fourth-order valence-electron chi connectivity index (χ4n) is 2.95. The fraction of sp³-hybridized carbons (Fsp3) is 0.160. The van der Waals surface area contributed by atoms with Gasteiger partial charge in [-0.2, -0.15) is 5.10 Å². The summed E-state index contributed by atoms with van der Waals surface area (Å²) in [4.78, 5) is 24.0. The molecule has 0 atom stereocenters. The van der Waals surface area contributed by atoms with Gasteiger partial charge in [0.05, 0.1) is 16.9 Å². The summed E-state index contributed by atoms with van der Waals surface area (Å²) < 4.78 is 12.2. The van der Waals surface area contributed by atoms with Crippen LogP contribution in [0.1, 0.15) is 24.0 Å². The van der Waals surface area contributed by atoms with Crippen LogP contribution in [-0.4, -0.2) is 25.1 Å². The Morgan fingerprint density at radius 2 is 1.77 bits per heavy atom. The number of nitrogens with one attached hydrogen (secondary N) is 2. The minimum atomic E-state index is -0.370. The van der Waals surface area contributed by atoms with Gasteiger partial charge in [0.2, 0.25) is 11.8 Å². The van der Waals surface area contributed by atoms with E-state index in [0.717, 1.165) is 9.13 Å². The van der Waals surface area contributed by atoms with Crippen molar-refractivity contribution < 1.29 is 19.1 Å². The van der Waals surface area contributed by atoms with Crippen LogP contribution in [0.2, 0.25) is 10.0 Å². The molecule has 2 N–H and O–H groups in total. The van der Waals surface area contributed by atoms with Crippen LogP contribution in [0.25, 0.3) is 0 Å². The molecular weight excluding hydrogens is 604 g/mol. The minimum absolute atomic E-state index is 0.0108. The van der Waals surface area contributed by atoms with Gasteiger partial charge in [-0.15, -0.1) is 0 Å². The SMILES string of the molecule is COc1cc(C=NNC(=O)CCC(=O)Nc2ccccc2)cc(I)c1OCc1ccc(Cl)cc1Cl. The third kappa shape index (κ3) is 8.41. The number of para-hydroxylation sites is 1. The van der Waals surface area contributed by atoms with Crippen LogP contribution < -0.4 is 20.2 Å². The van der Waals surface area contributed by atoms with Crippen LogP contribution in [-0.2, 0) is 16.2 Å². The van der Waals surface area contributed by atoms with Gasteiger partial charge in [-0.05, 0) is 64.6 Å². The zero-order valence-electron chi connectivity index (χ0n) is 18.7. The number of hydrogen-bond acceptors (Lipinski definition) is 5. The first kappa shape index (κ1) is 26.8. The summed E-state index contributed by atoms with van der Waals surface area (Å²) >= 11 is 14.3. The number of anilines is 1. The molecule has 2 amide bonds. The second-order valence-electron chi connectivity index (χ2n) is 7.27. The molecule has 0 saturated carbocycles. The van der Waals surface area contributed by atoms with E-state index in [0.29, 0.717) is 32.8 Å².